The molecule has 0 radical (unpaired) electrons. The monoisotopic (exact) mass is 660 g/mol. The maximum absolute atomic E-state index is 6.52. The summed E-state index contributed by atoms with van der Waals surface area (Å²) in [5, 5.41) is 3.95. The second-order valence-corrected chi connectivity index (χ2v) is 13.4. The van der Waals surface area contributed by atoms with Crippen molar-refractivity contribution in [3.05, 3.63) is 144 Å². The predicted molar refractivity (Wildman–Crippen MR) is 206 cm³/mol. The summed E-state index contributed by atoms with van der Waals surface area (Å²) in [6.07, 6.45) is 11.3. The third kappa shape index (κ3) is 4.31. The van der Waals surface area contributed by atoms with Crippen molar-refractivity contribution < 1.29 is 4.74 Å². The Morgan fingerprint density at radius 1 is 0.471 bits per heavy atom. The topological polar surface area (TPSA) is 69.6 Å². The van der Waals surface area contributed by atoms with Crippen LogP contribution in [0.15, 0.2) is 122 Å². The molecule has 0 aliphatic carbocycles. The minimum absolute atomic E-state index is 0.608. The van der Waals surface area contributed by atoms with E-state index in [1.807, 2.05) is 36.9 Å². The van der Waals surface area contributed by atoms with Crippen LogP contribution in [0, 0.1) is 27.7 Å². The molecule has 0 aliphatic heterocycles. The minimum atomic E-state index is 0.608. The summed E-state index contributed by atoms with van der Waals surface area (Å²) in [6.45, 7) is 8.67. The summed E-state index contributed by atoms with van der Waals surface area (Å²) in [5.74, 6) is 1.22. The van der Waals surface area contributed by atoms with Gasteiger partial charge in [-0.3, -0.25) is 18.8 Å². The molecule has 0 N–H and O–H groups in total. The van der Waals surface area contributed by atoms with E-state index >= 15 is 0 Å². The highest BCUT2D eigenvalue weighted by atomic mass is 16.5. The van der Waals surface area contributed by atoms with Crippen LogP contribution in [0.3, 0.4) is 0 Å². The number of nitrogens with zero attached hydrogens (tertiary/aromatic N) is 6. The van der Waals surface area contributed by atoms with Crippen LogP contribution >= 0.6 is 0 Å². The van der Waals surface area contributed by atoms with Crippen LogP contribution < -0.4 is 4.74 Å². The molecule has 0 atom stereocenters. The maximum atomic E-state index is 6.52. The lowest BCUT2D eigenvalue weighted by atomic mass is 9.93. The number of fused-ring (bicyclic) bond motifs is 12. The van der Waals surface area contributed by atoms with Crippen molar-refractivity contribution in [3.8, 4) is 33.8 Å². The molecule has 10 aromatic rings. The highest BCUT2D eigenvalue weighted by Gasteiger charge is 2.19. The SMILES string of the molecule is Cc1cccc(C)c1-c1cccc2c3ncc(Oc4cnc5c(c4)c4nccn4c4c(-c6c(C)cccc6C)cccc54)cc3c3nccn3c12. The van der Waals surface area contributed by atoms with Gasteiger partial charge in [-0.2, -0.15) is 0 Å². The number of hydrogen-bond donors (Lipinski definition) is 0. The molecule has 51 heavy (non-hydrogen) atoms. The Morgan fingerprint density at radius 3 is 1.31 bits per heavy atom. The fraction of sp³-hybridized carbons (Fsp3) is 0.0909. The van der Waals surface area contributed by atoms with Crippen molar-refractivity contribution in [2.45, 2.75) is 27.7 Å². The molecule has 4 aromatic carbocycles. The van der Waals surface area contributed by atoms with Gasteiger partial charge in [0.2, 0.25) is 0 Å². The smallest absolute Gasteiger partial charge is 0.146 e. The lowest BCUT2D eigenvalue weighted by molar-refractivity contribution is 0.480. The zero-order valence-corrected chi connectivity index (χ0v) is 28.6. The third-order valence-electron chi connectivity index (χ3n) is 10.3. The second kappa shape index (κ2) is 11.0. The second-order valence-electron chi connectivity index (χ2n) is 13.4. The number of ether oxygens (including phenoxy) is 1. The van der Waals surface area contributed by atoms with Crippen molar-refractivity contribution in [2.75, 3.05) is 0 Å². The minimum Gasteiger partial charge on any atom is -0.454 e. The first kappa shape index (κ1) is 29.3. The van der Waals surface area contributed by atoms with E-state index in [2.05, 4.69) is 109 Å². The first-order chi connectivity index (χ1) is 25.0. The number of pyridine rings is 4. The van der Waals surface area contributed by atoms with Crippen molar-refractivity contribution in [2.24, 2.45) is 0 Å². The van der Waals surface area contributed by atoms with E-state index in [-0.39, 0.29) is 0 Å². The Kier molecular flexibility index (Phi) is 6.30. The van der Waals surface area contributed by atoms with Gasteiger partial charge in [-0.25, -0.2) is 9.97 Å². The molecule has 7 nitrogen and oxygen atoms in total. The normalized spacial score (nSPS) is 11.9. The van der Waals surface area contributed by atoms with E-state index in [0.717, 1.165) is 66.0 Å². The van der Waals surface area contributed by atoms with Gasteiger partial charge in [0.05, 0.1) is 34.5 Å². The average molecular weight is 661 g/mol. The van der Waals surface area contributed by atoms with Gasteiger partial charge < -0.3 is 4.74 Å². The fourth-order valence-electron chi connectivity index (χ4n) is 8.15. The molecule has 0 unspecified atom stereocenters. The lowest BCUT2D eigenvalue weighted by Crippen LogP contribution is -1.98. The number of aromatic nitrogens is 6. The van der Waals surface area contributed by atoms with Crippen molar-refractivity contribution >= 4 is 54.9 Å². The number of hydrogen-bond acceptors (Lipinski definition) is 5. The number of benzene rings is 4. The van der Waals surface area contributed by atoms with Crippen molar-refractivity contribution in [1.82, 2.24) is 28.7 Å². The Hall–Kier alpha value is -6.60. The van der Waals surface area contributed by atoms with Crippen LogP contribution in [-0.4, -0.2) is 28.7 Å². The third-order valence-corrected chi connectivity index (χ3v) is 10.3. The van der Waals surface area contributed by atoms with E-state index in [4.69, 9.17) is 24.7 Å². The molecule has 10 rings (SSSR count). The molecule has 0 spiro atoms. The molecule has 0 saturated heterocycles. The van der Waals surface area contributed by atoms with Crippen LogP contribution in [0.25, 0.3) is 77.2 Å². The van der Waals surface area contributed by atoms with Crippen LogP contribution in [0.5, 0.6) is 11.5 Å². The van der Waals surface area contributed by atoms with Gasteiger partial charge in [-0.15, -0.1) is 0 Å². The number of imidazole rings is 2. The van der Waals surface area contributed by atoms with E-state index in [1.165, 1.54) is 33.4 Å². The molecule has 6 heterocycles. The number of para-hydroxylation sites is 2. The van der Waals surface area contributed by atoms with Gasteiger partial charge in [0.25, 0.3) is 0 Å². The van der Waals surface area contributed by atoms with Gasteiger partial charge in [0.15, 0.2) is 0 Å². The molecule has 0 bridgehead atoms. The maximum Gasteiger partial charge on any atom is 0.146 e. The Labute approximate surface area is 293 Å². The molecule has 7 heteroatoms. The number of aryl methyl sites for hydroxylation is 4. The summed E-state index contributed by atoms with van der Waals surface area (Å²) in [5.41, 5.74) is 15.3. The molecular formula is C44H32N6O. The molecule has 0 fully saturated rings. The molecule has 6 aromatic heterocycles. The van der Waals surface area contributed by atoms with Crippen LogP contribution in [0.2, 0.25) is 0 Å². The largest absolute Gasteiger partial charge is 0.454 e. The Morgan fingerprint density at radius 2 is 0.882 bits per heavy atom. The summed E-state index contributed by atoms with van der Waals surface area (Å²) in [7, 11) is 0. The molecule has 0 aliphatic rings. The summed E-state index contributed by atoms with van der Waals surface area (Å²) < 4.78 is 10.9. The van der Waals surface area contributed by atoms with Gasteiger partial charge in [0.1, 0.15) is 22.8 Å². The van der Waals surface area contributed by atoms with E-state index in [0.29, 0.717) is 11.5 Å². The van der Waals surface area contributed by atoms with Crippen molar-refractivity contribution in [1.29, 1.82) is 0 Å². The van der Waals surface area contributed by atoms with E-state index in [9.17, 15) is 0 Å². The quantitative estimate of drug-likeness (QED) is 0.176. The summed E-state index contributed by atoms with van der Waals surface area (Å²) in [6, 6.07) is 29.8. The first-order valence-corrected chi connectivity index (χ1v) is 17.1. The van der Waals surface area contributed by atoms with Crippen LogP contribution in [0.4, 0.5) is 0 Å². The highest BCUT2D eigenvalue weighted by Crippen LogP contribution is 2.40. The zero-order valence-electron chi connectivity index (χ0n) is 28.6. The van der Waals surface area contributed by atoms with Gasteiger partial charge in [-0.05, 0) is 73.2 Å². The summed E-state index contributed by atoms with van der Waals surface area (Å²) in [4.78, 5) is 19.6. The van der Waals surface area contributed by atoms with E-state index < -0.39 is 0 Å². The predicted octanol–water partition coefficient (Wildman–Crippen LogP) is 10.7. The lowest BCUT2D eigenvalue weighted by Gasteiger charge is -2.16. The van der Waals surface area contributed by atoms with Crippen molar-refractivity contribution in [3.63, 3.8) is 0 Å². The van der Waals surface area contributed by atoms with Gasteiger partial charge >= 0.3 is 0 Å². The zero-order chi connectivity index (χ0) is 34.4. The fourth-order valence-corrected chi connectivity index (χ4v) is 8.15. The number of rotatable bonds is 4. The van der Waals surface area contributed by atoms with Crippen LogP contribution in [-0.2, 0) is 0 Å². The van der Waals surface area contributed by atoms with Crippen LogP contribution in [0.1, 0.15) is 22.3 Å². The Bertz CT molecular complexity index is 2820. The molecular weight excluding hydrogens is 629 g/mol. The highest BCUT2D eigenvalue weighted by molar-refractivity contribution is 6.15. The molecule has 244 valence electrons. The standard InChI is InChI=1S/C44H32N6O/c1-25-9-5-10-26(2)37(25)31-13-7-15-33-39-35(43-45-17-19-49(43)41(31)33)21-29(23-47-39)51-30-22-36-40(48-24-30)34-16-8-14-32(38-27(3)11-6-12-28(38)4)42(34)50-20-18-46-44(36)50/h5-24H,1-4H3. The van der Waals surface area contributed by atoms with E-state index in [1.54, 1.807) is 12.4 Å². The molecule has 0 amide bonds. The first-order valence-electron chi connectivity index (χ1n) is 17.1. The summed E-state index contributed by atoms with van der Waals surface area (Å²) >= 11 is 0. The molecule has 0 saturated carbocycles. The van der Waals surface area contributed by atoms with Gasteiger partial charge in [-0.1, -0.05) is 72.8 Å². The Balaban J connectivity index is 1.12. The average Bonchev–Trinajstić information content (AvgIpc) is 3.83. The van der Waals surface area contributed by atoms with Gasteiger partial charge in [0, 0.05) is 57.5 Å².